The predicted octanol–water partition coefficient (Wildman–Crippen LogP) is 1.75. The fraction of sp³-hybridized carbons (Fsp3) is 0.429. The van der Waals surface area contributed by atoms with Gasteiger partial charge in [0.25, 0.3) is 0 Å². The molecule has 3 heterocycles. The van der Waals surface area contributed by atoms with Crippen molar-refractivity contribution >= 4 is 27.7 Å². The summed E-state index contributed by atoms with van der Waals surface area (Å²) in [5.41, 5.74) is 0.990. The fourth-order valence-electron chi connectivity index (χ4n) is 3.65. The molecule has 0 aliphatic carbocycles. The molecule has 4 rings (SSSR count). The number of fused-ring (bicyclic) bond motifs is 1. The van der Waals surface area contributed by atoms with Crippen molar-refractivity contribution in [3.05, 3.63) is 48.2 Å². The van der Waals surface area contributed by atoms with Crippen LogP contribution in [0.1, 0.15) is 18.0 Å². The number of para-hydroxylation sites is 1. The molecule has 2 aromatic rings. The van der Waals surface area contributed by atoms with Gasteiger partial charge in [-0.1, -0.05) is 30.0 Å². The number of likely N-dealkylation sites (N-methyl/N-ethyl adjacent to an activating group) is 1. The van der Waals surface area contributed by atoms with Crippen molar-refractivity contribution in [2.24, 2.45) is 0 Å². The van der Waals surface area contributed by atoms with Crippen molar-refractivity contribution in [3.8, 4) is 5.75 Å². The smallest absolute Gasteiger partial charge is 0.244 e. The van der Waals surface area contributed by atoms with E-state index in [-0.39, 0.29) is 22.6 Å². The van der Waals surface area contributed by atoms with Gasteiger partial charge in [-0.25, -0.2) is 13.4 Å². The zero-order valence-electron chi connectivity index (χ0n) is 17.4. The maximum absolute atomic E-state index is 12.8. The predicted molar refractivity (Wildman–Crippen MR) is 119 cm³/mol. The molecule has 2 aliphatic rings. The number of carbonyl (C=O) groups excluding carboxylic acids is 1. The van der Waals surface area contributed by atoms with Gasteiger partial charge in [-0.15, -0.1) is 0 Å². The Balaban J connectivity index is 1.32. The van der Waals surface area contributed by atoms with Crippen LogP contribution in [-0.4, -0.2) is 74.1 Å². The number of pyridine rings is 1. The van der Waals surface area contributed by atoms with Gasteiger partial charge in [0, 0.05) is 44.4 Å². The minimum atomic E-state index is -3.54. The van der Waals surface area contributed by atoms with Crippen LogP contribution in [0.4, 0.5) is 0 Å². The third-order valence-electron chi connectivity index (χ3n) is 5.45. The zero-order valence-corrected chi connectivity index (χ0v) is 19.0. The number of amides is 1. The monoisotopic (exact) mass is 462 g/mol. The van der Waals surface area contributed by atoms with Crippen LogP contribution in [-0.2, 0) is 14.8 Å². The molecule has 1 fully saturated rings. The molecule has 0 unspecified atom stereocenters. The first kappa shape index (κ1) is 22.1. The van der Waals surface area contributed by atoms with Gasteiger partial charge >= 0.3 is 0 Å². The highest BCUT2D eigenvalue weighted by molar-refractivity contribution is 7.99. The minimum absolute atomic E-state index is 0.0675. The van der Waals surface area contributed by atoms with Crippen LogP contribution in [0.25, 0.3) is 0 Å². The summed E-state index contributed by atoms with van der Waals surface area (Å²) in [4.78, 5) is 19.0. The lowest BCUT2D eigenvalue weighted by atomic mass is 10.0. The maximum atomic E-state index is 12.8. The average molecular weight is 463 g/mol. The van der Waals surface area contributed by atoms with E-state index in [1.165, 1.54) is 22.3 Å². The molecule has 0 saturated carbocycles. The Hall–Kier alpha value is -2.14. The van der Waals surface area contributed by atoms with Crippen molar-refractivity contribution in [1.82, 2.24) is 19.5 Å². The lowest BCUT2D eigenvalue weighted by Crippen LogP contribution is -2.47. The number of nitrogens with one attached hydrogen (secondary N) is 1. The lowest BCUT2D eigenvalue weighted by molar-refractivity contribution is -0.119. The quantitative estimate of drug-likeness (QED) is 0.654. The number of ether oxygens (including phenoxy) is 1. The highest BCUT2D eigenvalue weighted by atomic mass is 32.2. The summed E-state index contributed by atoms with van der Waals surface area (Å²) in [5.74, 6) is 0.921. The Morgan fingerprint density at radius 2 is 1.97 bits per heavy atom. The summed E-state index contributed by atoms with van der Waals surface area (Å²) in [6.45, 7) is 2.95. The van der Waals surface area contributed by atoms with Crippen LogP contribution in [0, 0.1) is 0 Å². The average Bonchev–Trinajstić information content (AvgIpc) is 2.78. The number of piperazine rings is 1. The van der Waals surface area contributed by atoms with E-state index in [0.29, 0.717) is 37.8 Å². The highest BCUT2D eigenvalue weighted by Gasteiger charge is 2.28. The molecule has 1 N–H and O–H groups in total. The SMILES string of the molecule is CN1CCN(S(=O)(=O)c2ccc(SCC(=O)N[C@@H]3CCOc4ccccc43)nc2)CC1. The van der Waals surface area contributed by atoms with Crippen molar-refractivity contribution < 1.29 is 17.9 Å². The molecule has 0 spiro atoms. The molecule has 2 aliphatic heterocycles. The molecule has 0 bridgehead atoms. The van der Waals surface area contributed by atoms with E-state index >= 15 is 0 Å². The first-order chi connectivity index (χ1) is 14.9. The molecule has 8 nitrogen and oxygen atoms in total. The fourth-order valence-corrected chi connectivity index (χ4v) is 5.67. The number of hydrogen-bond donors (Lipinski definition) is 1. The molecule has 1 aromatic carbocycles. The Morgan fingerprint density at radius 3 is 2.71 bits per heavy atom. The van der Waals surface area contributed by atoms with E-state index in [2.05, 4.69) is 15.2 Å². The van der Waals surface area contributed by atoms with Crippen LogP contribution >= 0.6 is 11.8 Å². The van der Waals surface area contributed by atoms with E-state index in [1.807, 2.05) is 31.3 Å². The summed E-state index contributed by atoms with van der Waals surface area (Å²) < 4.78 is 32.7. The first-order valence-electron chi connectivity index (χ1n) is 10.2. The molecule has 1 saturated heterocycles. The topological polar surface area (TPSA) is 91.8 Å². The number of nitrogens with zero attached hydrogens (tertiary/aromatic N) is 3. The van der Waals surface area contributed by atoms with Crippen LogP contribution in [0.5, 0.6) is 5.75 Å². The number of rotatable bonds is 6. The van der Waals surface area contributed by atoms with Crippen LogP contribution in [0.2, 0.25) is 0 Å². The summed E-state index contributed by atoms with van der Waals surface area (Å²) in [6.07, 6.45) is 2.10. The van der Waals surface area contributed by atoms with E-state index in [0.717, 1.165) is 17.7 Å². The second kappa shape index (κ2) is 9.56. The molecule has 10 heteroatoms. The zero-order chi connectivity index (χ0) is 21.8. The minimum Gasteiger partial charge on any atom is -0.493 e. The van der Waals surface area contributed by atoms with Crippen LogP contribution < -0.4 is 10.1 Å². The number of aromatic nitrogens is 1. The number of carbonyl (C=O) groups is 1. The van der Waals surface area contributed by atoms with E-state index < -0.39 is 10.0 Å². The van der Waals surface area contributed by atoms with Crippen molar-refractivity contribution in [2.45, 2.75) is 22.4 Å². The Bertz CT molecular complexity index is 1020. The Kier molecular flexibility index (Phi) is 6.80. The first-order valence-corrected chi connectivity index (χ1v) is 12.6. The van der Waals surface area contributed by atoms with Gasteiger partial charge < -0.3 is 15.0 Å². The third kappa shape index (κ3) is 5.20. The highest BCUT2D eigenvalue weighted by Crippen LogP contribution is 2.31. The van der Waals surface area contributed by atoms with Crippen molar-refractivity contribution in [1.29, 1.82) is 0 Å². The van der Waals surface area contributed by atoms with Crippen LogP contribution in [0.15, 0.2) is 52.5 Å². The molecule has 1 aromatic heterocycles. The largest absolute Gasteiger partial charge is 0.493 e. The lowest BCUT2D eigenvalue weighted by Gasteiger charge is -2.31. The van der Waals surface area contributed by atoms with Gasteiger partial charge in [0.05, 0.1) is 23.4 Å². The van der Waals surface area contributed by atoms with E-state index in [4.69, 9.17) is 4.74 Å². The third-order valence-corrected chi connectivity index (χ3v) is 8.28. The van der Waals surface area contributed by atoms with E-state index in [1.54, 1.807) is 12.1 Å². The van der Waals surface area contributed by atoms with Gasteiger partial charge in [0.15, 0.2) is 0 Å². The Labute approximate surface area is 187 Å². The Morgan fingerprint density at radius 1 is 1.19 bits per heavy atom. The van der Waals surface area contributed by atoms with Gasteiger partial charge in [-0.05, 0) is 25.2 Å². The number of thioether (sulfide) groups is 1. The second-order valence-corrected chi connectivity index (χ2v) is 10.6. The summed E-state index contributed by atoms with van der Waals surface area (Å²) >= 11 is 1.28. The second-order valence-electron chi connectivity index (χ2n) is 7.62. The summed E-state index contributed by atoms with van der Waals surface area (Å²) in [7, 11) is -1.56. The molecule has 1 atom stereocenters. The normalized spacial score (nSPS) is 20.0. The molecule has 1 amide bonds. The maximum Gasteiger partial charge on any atom is 0.244 e. The number of benzene rings is 1. The van der Waals surface area contributed by atoms with Crippen molar-refractivity contribution in [3.63, 3.8) is 0 Å². The van der Waals surface area contributed by atoms with Gasteiger partial charge in [0.1, 0.15) is 10.6 Å². The molecule has 166 valence electrons. The van der Waals surface area contributed by atoms with Crippen LogP contribution in [0.3, 0.4) is 0 Å². The van der Waals surface area contributed by atoms with E-state index in [9.17, 15) is 13.2 Å². The molecular formula is C21H26N4O4S2. The molecule has 31 heavy (non-hydrogen) atoms. The molecular weight excluding hydrogens is 436 g/mol. The number of hydrogen-bond acceptors (Lipinski definition) is 7. The van der Waals surface area contributed by atoms with Gasteiger partial charge in [-0.3, -0.25) is 4.79 Å². The van der Waals surface area contributed by atoms with Crippen molar-refractivity contribution in [2.75, 3.05) is 45.6 Å². The standard InChI is InChI=1S/C21H26N4O4S2/c1-24-9-11-25(12-10-24)31(27,28)16-6-7-21(22-14-16)30-15-20(26)23-18-8-13-29-19-5-3-2-4-17(18)19/h2-7,14,18H,8-13,15H2,1H3,(H,23,26)/t18-/m1/s1. The summed E-state index contributed by atoms with van der Waals surface area (Å²) in [6, 6.07) is 10.9. The van der Waals surface area contributed by atoms with Gasteiger partial charge in [-0.2, -0.15) is 4.31 Å². The number of sulfonamides is 1. The van der Waals surface area contributed by atoms with Gasteiger partial charge in [0.2, 0.25) is 15.9 Å². The molecule has 0 radical (unpaired) electrons. The summed E-state index contributed by atoms with van der Waals surface area (Å²) in [5, 5.41) is 3.66.